The van der Waals surface area contributed by atoms with Crippen LogP contribution in [-0.4, -0.2) is 25.7 Å². The minimum Gasteiger partial charge on any atom is -0.320 e. The minimum absolute atomic E-state index is 0.0967. The van der Waals surface area contributed by atoms with Gasteiger partial charge in [-0.25, -0.2) is 0 Å². The molecule has 0 atom stereocenters. The third-order valence-corrected chi connectivity index (χ3v) is 3.37. The average molecular weight is 313 g/mol. The number of alkyl halides is 3. The largest absolute Gasteiger partial charge is 0.453 e. The molecule has 6 nitrogen and oxygen atoms in total. The van der Waals surface area contributed by atoms with Gasteiger partial charge in [-0.15, -0.1) is 15.3 Å². The number of fused-ring (bicyclic) bond motifs is 1. The van der Waals surface area contributed by atoms with E-state index in [0.29, 0.717) is 10.2 Å². The molecule has 0 aliphatic heterocycles. The molecular formula is C11H6F3N5OS. The first-order valence-corrected chi connectivity index (χ1v) is 6.42. The van der Waals surface area contributed by atoms with Crippen LogP contribution in [0.15, 0.2) is 30.3 Å². The number of nitrogens with one attached hydrogen (secondary N) is 1. The van der Waals surface area contributed by atoms with Crippen molar-refractivity contribution in [2.45, 2.75) is 6.18 Å². The molecule has 3 rings (SSSR count). The van der Waals surface area contributed by atoms with Crippen molar-refractivity contribution in [1.82, 2.24) is 19.8 Å². The Labute approximate surface area is 119 Å². The zero-order valence-electron chi connectivity index (χ0n) is 10.1. The predicted molar refractivity (Wildman–Crippen MR) is 68.1 cm³/mol. The van der Waals surface area contributed by atoms with E-state index in [1.165, 1.54) is 0 Å². The first-order valence-electron chi connectivity index (χ1n) is 5.61. The van der Waals surface area contributed by atoms with Gasteiger partial charge in [0.15, 0.2) is 0 Å². The minimum atomic E-state index is -4.68. The summed E-state index contributed by atoms with van der Waals surface area (Å²) < 4.78 is 38.5. The summed E-state index contributed by atoms with van der Waals surface area (Å²) in [5.41, 5.74) is 0.518. The standard InChI is InChI=1S/C11H6F3N5OS/c12-11(13,14)9-16-17-10-19(9)18-8(21-10)7(20)15-6-4-2-1-3-5-6/h1-5H,(H,15,20). The first-order chi connectivity index (χ1) is 9.95. The second-order valence-corrected chi connectivity index (χ2v) is 4.90. The fourth-order valence-corrected chi connectivity index (χ4v) is 2.33. The third-order valence-electron chi connectivity index (χ3n) is 2.47. The molecule has 0 fully saturated rings. The second kappa shape index (κ2) is 4.81. The van der Waals surface area contributed by atoms with Gasteiger partial charge in [0.2, 0.25) is 9.97 Å². The van der Waals surface area contributed by atoms with E-state index in [2.05, 4.69) is 20.6 Å². The number of rotatable bonds is 2. The summed E-state index contributed by atoms with van der Waals surface area (Å²) in [7, 11) is 0. The molecule has 0 saturated carbocycles. The highest BCUT2D eigenvalue weighted by atomic mass is 32.1. The number of nitrogens with zero attached hydrogens (tertiary/aromatic N) is 4. The SMILES string of the molecule is O=C(Nc1ccccc1)c1nn2c(C(F)(F)F)nnc2s1. The zero-order chi connectivity index (χ0) is 15.0. The maximum absolute atomic E-state index is 12.6. The van der Waals surface area contributed by atoms with Crippen LogP contribution in [-0.2, 0) is 6.18 Å². The predicted octanol–water partition coefficient (Wildman–Crippen LogP) is 2.46. The maximum atomic E-state index is 12.6. The van der Waals surface area contributed by atoms with Gasteiger partial charge in [0.25, 0.3) is 11.7 Å². The molecule has 1 N–H and O–H groups in total. The number of hydrogen-bond acceptors (Lipinski definition) is 5. The van der Waals surface area contributed by atoms with Crippen molar-refractivity contribution in [2.75, 3.05) is 5.32 Å². The number of halogens is 3. The molecule has 3 aromatic rings. The third kappa shape index (κ3) is 2.57. The van der Waals surface area contributed by atoms with Crippen molar-refractivity contribution < 1.29 is 18.0 Å². The quantitative estimate of drug-likeness (QED) is 0.789. The van der Waals surface area contributed by atoms with Gasteiger partial charge in [0.1, 0.15) is 0 Å². The van der Waals surface area contributed by atoms with E-state index >= 15 is 0 Å². The molecule has 0 aliphatic rings. The maximum Gasteiger partial charge on any atom is 0.453 e. The second-order valence-electron chi connectivity index (χ2n) is 3.94. The monoisotopic (exact) mass is 313 g/mol. The Morgan fingerprint density at radius 2 is 1.90 bits per heavy atom. The summed E-state index contributed by atoms with van der Waals surface area (Å²) in [6.07, 6.45) is -4.68. The lowest BCUT2D eigenvalue weighted by Gasteiger charge is -2.02. The van der Waals surface area contributed by atoms with Crippen LogP contribution < -0.4 is 5.32 Å². The number of carbonyl (C=O) groups is 1. The zero-order valence-corrected chi connectivity index (χ0v) is 10.9. The Hall–Kier alpha value is -2.49. The van der Waals surface area contributed by atoms with Gasteiger partial charge in [-0.05, 0) is 12.1 Å². The molecule has 21 heavy (non-hydrogen) atoms. The molecular weight excluding hydrogens is 307 g/mol. The smallest absolute Gasteiger partial charge is 0.320 e. The number of aromatic nitrogens is 4. The summed E-state index contributed by atoms with van der Waals surface area (Å²) in [6, 6.07) is 8.51. The van der Waals surface area contributed by atoms with Gasteiger partial charge in [-0.3, -0.25) is 4.79 Å². The van der Waals surface area contributed by atoms with Crippen molar-refractivity contribution in [1.29, 1.82) is 0 Å². The molecule has 0 radical (unpaired) electrons. The van der Waals surface area contributed by atoms with Gasteiger partial charge >= 0.3 is 6.18 Å². The first kappa shape index (κ1) is 13.5. The van der Waals surface area contributed by atoms with Gasteiger partial charge in [-0.2, -0.15) is 17.7 Å². The van der Waals surface area contributed by atoms with Gasteiger partial charge < -0.3 is 5.32 Å². The highest BCUT2D eigenvalue weighted by Gasteiger charge is 2.38. The highest BCUT2D eigenvalue weighted by Crippen LogP contribution is 2.29. The fourth-order valence-electron chi connectivity index (χ4n) is 1.59. The van der Waals surface area contributed by atoms with Crippen LogP contribution in [0.5, 0.6) is 0 Å². The van der Waals surface area contributed by atoms with Gasteiger partial charge in [0, 0.05) is 5.69 Å². The highest BCUT2D eigenvalue weighted by molar-refractivity contribution is 7.18. The van der Waals surface area contributed by atoms with Crippen molar-refractivity contribution in [2.24, 2.45) is 0 Å². The topological polar surface area (TPSA) is 72.2 Å². The number of hydrogen-bond donors (Lipinski definition) is 1. The Bertz CT molecular complexity index is 795. The van der Waals surface area contributed by atoms with E-state index < -0.39 is 17.9 Å². The summed E-state index contributed by atoms with van der Waals surface area (Å²) in [5, 5.41) is 12.4. The normalized spacial score (nSPS) is 11.8. The van der Waals surface area contributed by atoms with Crippen LogP contribution in [0.4, 0.5) is 18.9 Å². The van der Waals surface area contributed by atoms with Crippen LogP contribution in [0, 0.1) is 0 Å². The number of para-hydroxylation sites is 1. The number of anilines is 1. The molecule has 1 amide bonds. The number of carbonyl (C=O) groups excluding carboxylic acids is 1. The van der Waals surface area contributed by atoms with Crippen LogP contribution >= 0.6 is 11.3 Å². The fraction of sp³-hybridized carbons (Fsp3) is 0.0909. The summed E-state index contributed by atoms with van der Waals surface area (Å²) in [4.78, 5) is 11.8. The van der Waals surface area contributed by atoms with Gasteiger partial charge in [-0.1, -0.05) is 29.5 Å². The van der Waals surface area contributed by atoms with Crippen LogP contribution in [0.1, 0.15) is 15.6 Å². The molecule has 108 valence electrons. The molecule has 0 aliphatic carbocycles. The van der Waals surface area contributed by atoms with Crippen molar-refractivity contribution >= 4 is 27.9 Å². The Morgan fingerprint density at radius 3 is 2.57 bits per heavy atom. The molecule has 0 bridgehead atoms. The Morgan fingerprint density at radius 1 is 1.19 bits per heavy atom. The lowest BCUT2D eigenvalue weighted by atomic mass is 10.3. The van der Waals surface area contributed by atoms with E-state index in [1.807, 2.05) is 0 Å². The summed E-state index contributed by atoms with van der Waals surface area (Å²) >= 11 is 0.728. The van der Waals surface area contributed by atoms with E-state index in [4.69, 9.17) is 0 Å². The molecule has 2 aromatic heterocycles. The van der Waals surface area contributed by atoms with E-state index in [0.717, 1.165) is 11.3 Å². The van der Waals surface area contributed by atoms with E-state index in [9.17, 15) is 18.0 Å². The molecule has 0 spiro atoms. The summed E-state index contributed by atoms with van der Waals surface area (Å²) in [5.74, 6) is -1.86. The molecule has 0 saturated heterocycles. The molecule has 10 heteroatoms. The van der Waals surface area contributed by atoms with Crippen molar-refractivity contribution in [3.8, 4) is 0 Å². The Kier molecular flexibility index (Phi) is 3.09. The lowest BCUT2D eigenvalue weighted by molar-refractivity contribution is -0.146. The number of benzene rings is 1. The average Bonchev–Trinajstić information content (AvgIpc) is 2.97. The van der Waals surface area contributed by atoms with Crippen LogP contribution in [0.25, 0.3) is 4.96 Å². The summed E-state index contributed by atoms with van der Waals surface area (Å²) in [6.45, 7) is 0. The van der Waals surface area contributed by atoms with Crippen LogP contribution in [0.3, 0.4) is 0 Å². The molecule has 2 heterocycles. The van der Waals surface area contributed by atoms with E-state index in [1.54, 1.807) is 30.3 Å². The van der Waals surface area contributed by atoms with Gasteiger partial charge in [0.05, 0.1) is 0 Å². The molecule has 0 unspecified atom stereocenters. The van der Waals surface area contributed by atoms with Crippen molar-refractivity contribution in [3.63, 3.8) is 0 Å². The van der Waals surface area contributed by atoms with E-state index in [-0.39, 0.29) is 9.97 Å². The lowest BCUT2D eigenvalue weighted by Crippen LogP contribution is -2.14. The Balaban J connectivity index is 1.91. The molecule has 1 aromatic carbocycles. The van der Waals surface area contributed by atoms with Crippen molar-refractivity contribution in [3.05, 3.63) is 41.2 Å². The van der Waals surface area contributed by atoms with Crippen LogP contribution in [0.2, 0.25) is 0 Å². The number of amides is 1.